The summed E-state index contributed by atoms with van der Waals surface area (Å²) in [6, 6.07) is 6.96. The van der Waals surface area contributed by atoms with Gasteiger partial charge < -0.3 is 15.1 Å². The number of fused-ring (bicyclic) bond motifs is 1. The molecule has 0 spiro atoms. The molecule has 0 saturated carbocycles. The van der Waals surface area contributed by atoms with Gasteiger partial charge in [-0.3, -0.25) is 9.88 Å². The molecule has 4 rings (SSSR count). The van der Waals surface area contributed by atoms with Crippen LogP contribution in [0.3, 0.4) is 0 Å². The Morgan fingerprint density at radius 3 is 2.59 bits per heavy atom. The Labute approximate surface area is 185 Å². The Hall–Kier alpha value is -3.04. The van der Waals surface area contributed by atoms with Gasteiger partial charge >= 0.3 is 12.2 Å². The van der Waals surface area contributed by atoms with Crippen LogP contribution in [0.15, 0.2) is 36.7 Å². The molecule has 7 nitrogen and oxygen atoms in total. The van der Waals surface area contributed by atoms with Crippen LogP contribution in [0.4, 0.5) is 41.0 Å². The predicted molar refractivity (Wildman–Crippen MR) is 118 cm³/mol. The summed E-state index contributed by atoms with van der Waals surface area (Å²) in [6.45, 7) is 4.67. The van der Waals surface area contributed by atoms with Crippen LogP contribution >= 0.6 is 0 Å². The van der Waals surface area contributed by atoms with E-state index in [1.807, 2.05) is 24.0 Å². The van der Waals surface area contributed by atoms with Crippen molar-refractivity contribution in [2.24, 2.45) is 5.92 Å². The van der Waals surface area contributed by atoms with Crippen molar-refractivity contribution >= 4 is 29.0 Å². The number of anilines is 4. The number of carbonyl (C=O) groups excluding carboxylic acids is 1. The monoisotopic (exact) mass is 448 g/mol. The van der Waals surface area contributed by atoms with E-state index in [1.54, 1.807) is 29.4 Å². The second-order valence-corrected chi connectivity index (χ2v) is 8.07. The largest absolute Gasteiger partial charge is 0.391 e. The van der Waals surface area contributed by atoms with Gasteiger partial charge in [0.2, 0.25) is 0 Å². The van der Waals surface area contributed by atoms with E-state index in [4.69, 9.17) is 4.98 Å². The van der Waals surface area contributed by atoms with E-state index in [1.165, 1.54) is 0 Å². The van der Waals surface area contributed by atoms with Crippen molar-refractivity contribution in [3.05, 3.63) is 36.7 Å². The molecule has 2 aliphatic heterocycles. The molecule has 0 unspecified atom stereocenters. The summed E-state index contributed by atoms with van der Waals surface area (Å²) >= 11 is 0. The summed E-state index contributed by atoms with van der Waals surface area (Å²) < 4.78 is 39.1. The fourth-order valence-corrected chi connectivity index (χ4v) is 4.29. The van der Waals surface area contributed by atoms with E-state index in [0.29, 0.717) is 23.9 Å². The van der Waals surface area contributed by atoms with Gasteiger partial charge in [-0.05, 0) is 50.5 Å². The molecule has 2 aliphatic rings. The Bertz CT molecular complexity index is 931. The van der Waals surface area contributed by atoms with Crippen LogP contribution in [0.1, 0.15) is 26.2 Å². The van der Waals surface area contributed by atoms with E-state index in [-0.39, 0.29) is 32.0 Å². The molecule has 0 radical (unpaired) electrons. The lowest BCUT2D eigenvalue weighted by atomic mass is 9.96. The number of nitrogens with zero attached hydrogens (tertiary/aromatic N) is 5. The molecule has 0 atom stereocenters. The predicted octanol–water partition coefficient (Wildman–Crippen LogP) is 4.52. The third-order valence-electron chi connectivity index (χ3n) is 6.07. The fourth-order valence-electron chi connectivity index (χ4n) is 4.29. The number of aromatic nitrogens is 2. The van der Waals surface area contributed by atoms with Crippen LogP contribution in [-0.2, 0) is 0 Å². The van der Waals surface area contributed by atoms with Gasteiger partial charge in [0, 0.05) is 38.9 Å². The van der Waals surface area contributed by atoms with Crippen molar-refractivity contribution in [2.75, 3.05) is 52.7 Å². The van der Waals surface area contributed by atoms with Gasteiger partial charge in [-0.1, -0.05) is 0 Å². The second kappa shape index (κ2) is 9.22. The summed E-state index contributed by atoms with van der Waals surface area (Å²) in [5, 5.41) is 2.86. The zero-order chi connectivity index (χ0) is 22.7. The number of amides is 2. The van der Waals surface area contributed by atoms with Gasteiger partial charge in [-0.15, -0.1) is 0 Å². The van der Waals surface area contributed by atoms with Crippen LogP contribution in [0.25, 0.3) is 0 Å². The van der Waals surface area contributed by atoms with Crippen molar-refractivity contribution in [1.29, 1.82) is 0 Å². The van der Waals surface area contributed by atoms with Crippen molar-refractivity contribution < 1.29 is 18.0 Å². The van der Waals surface area contributed by atoms with Gasteiger partial charge in [-0.2, -0.15) is 13.2 Å². The maximum atomic E-state index is 13.1. The first-order chi connectivity index (χ1) is 15.4. The standard InChI is InChI=1S/C22H27F3N6O/c1-2-29-11-4-12-31(21(32)27-17-5-3-10-26-15-17)20-18(29)6-7-19(28-20)30-13-8-16(9-14-30)22(23,24)25/h3,5-7,10,15-16H,2,4,8-9,11-14H2,1H3,(H,27,32). The molecule has 32 heavy (non-hydrogen) atoms. The molecule has 1 N–H and O–H groups in total. The normalized spacial score (nSPS) is 17.7. The molecule has 2 amide bonds. The minimum absolute atomic E-state index is 0.0502. The topological polar surface area (TPSA) is 64.6 Å². The minimum atomic E-state index is -4.16. The molecule has 172 valence electrons. The molecular weight excluding hydrogens is 421 g/mol. The van der Waals surface area contributed by atoms with Crippen LogP contribution in [0.5, 0.6) is 0 Å². The van der Waals surface area contributed by atoms with E-state index in [9.17, 15) is 18.0 Å². The van der Waals surface area contributed by atoms with E-state index < -0.39 is 12.1 Å². The Balaban J connectivity index is 1.60. The molecule has 0 bridgehead atoms. The number of piperidine rings is 1. The Morgan fingerprint density at radius 2 is 1.94 bits per heavy atom. The van der Waals surface area contributed by atoms with Crippen LogP contribution in [-0.4, -0.2) is 54.9 Å². The molecule has 0 aromatic carbocycles. The number of nitrogens with one attached hydrogen (secondary N) is 1. The van der Waals surface area contributed by atoms with Crippen molar-refractivity contribution in [2.45, 2.75) is 32.4 Å². The third-order valence-corrected chi connectivity index (χ3v) is 6.07. The van der Waals surface area contributed by atoms with Crippen molar-refractivity contribution in [1.82, 2.24) is 9.97 Å². The minimum Gasteiger partial charge on any atom is -0.369 e. The van der Waals surface area contributed by atoms with Gasteiger partial charge in [-0.25, -0.2) is 9.78 Å². The lowest BCUT2D eigenvalue weighted by Crippen LogP contribution is -2.40. The highest BCUT2D eigenvalue weighted by molar-refractivity contribution is 6.03. The van der Waals surface area contributed by atoms with Crippen molar-refractivity contribution in [3.8, 4) is 0 Å². The first-order valence-corrected chi connectivity index (χ1v) is 10.9. The summed E-state index contributed by atoms with van der Waals surface area (Å²) in [6.07, 6.45) is -0.0778. The number of alkyl halides is 3. The zero-order valence-electron chi connectivity index (χ0n) is 18.0. The van der Waals surface area contributed by atoms with Crippen molar-refractivity contribution in [3.63, 3.8) is 0 Å². The number of hydrogen-bond donors (Lipinski definition) is 1. The third kappa shape index (κ3) is 4.73. The highest BCUT2D eigenvalue weighted by atomic mass is 19.4. The molecule has 1 fully saturated rings. The van der Waals surface area contributed by atoms with Gasteiger partial charge in [0.25, 0.3) is 0 Å². The van der Waals surface area contributed by atoms with Crippen LogP contribution in [0, 0.1) is 5.92 Å². The maximum absolute atomic E-state index is 13.1. The lowest BCUT2D eigenvalue weighted by molar-refractivity contribution is -0.179. The number of urea groups is 1. The van der Waals surface area contributed by atoms with Crippen LogP contribution < -0.4 is 20.0 Å². The Morgan fingerprint density at radius 1 is 1.16 bits per heavy atom. The fraction of sp³-hybridized carbons (Fsp3) is 0.500. The molecule has 10 heteroatoms. The second-order valence-electron chi connectivity index (χ2n) is 8.07. The van der Waals surface area contributed by atoms with E-state index in [2.05, 4.69) is 15.2 Å². The first-order valence-electron chi connectivity index (χ1n) is 10.9. The van der Waals surface area contributed by atoms with E-state index in [0.717, 1.165) is 25.2 Å². The molecule has 2 aromatic heterocycles. The lowest BCUT2D eigenvalue weighted by Gasteiger charge is -2.34. The average Bonchev–Trinajstić information content (AvgIpc) is 2.98. The SMILES string of the molecule is CCN1CCCN(C(=O)Nc2cccnc2)c2nc(N3CCC(C(F)(F)F)CC3)ccc21. The molecular formula is C22H27F3N6O. The number of rotatable bonds is 3. The number of pyridine rings is 2. The molecule has 4 heterocycles. The summed E-state index contributed by atoms with van der Waals surface area (Å²) in [5.41, 5.74) is 1.43. The van der Waals surface area contributed by atoms with Gasteiger partial charge in [0.15, 0.2) is 5.82 Å². The zero-order valence-corrected chi connectivity index (χ0v) is 18.0. The quantitative estimate of drug-likeness (QED) is 0.748. The number of halogens is 3. The smallest absolute Gasteiger partial charge is 0.369 e. The summed E-state index contributed by atoms with van der Waals surface area (Å²) in [7, 11) is 0. The molecule has 2 aromatic rings. The Kier molecular flexibility index (Phi) is 6.38. The first kappa shape index (κ1) is 22.2. The maximum Gasteiger partial charge on any atom is 0.391 e. The van der Waals surface area contributed by atoms with Gasteiger partial charge in [0.1, 0.15) is 5.82 Å². The number of hydrogen-bond acceptors (Lipinski definition) is 5. The average molecular weight is 448 g/mol. The summed E-state index contributed by atoms with van der Waals surface area (Å²) in [5.74, 6) is -0.139. The number of carbonyl (C=O) groups is 1. The van der Waals surface area contributed by atoms with E-state index >= 15 is 0 Å². The highest BCUT2D eigenvalue weighted by Gasteiger charge is 2.41. The molecule has 1 saturated heterocycles. The highest BCUT2D eigenvalue weighted by Crippen LogP contribution is 2.37. The van der Waals surface area contributed by atoms with Crippen LogP contribution in [0.2, 0.25) is 0 Å². The van der Waals surface area contributed by atoms with Gasteiger partial charge in [0.05, 0.1) is 23.5 Å². The summed E-state index contributed by atoms with van der Waals surface area (Å²) in [4.78, 5) is 27.6. The molecule has 0 aliphatic carbocycles.